The molecule has 1 fully saturated rings. The summed E-state index contributed by atoms with van der Waals surface area (Å²) in [5, 5.41) is 0. The predicted molar refractivity (Wildman–Crippen MR) is 115 cm³/mol. The lowest BCUT2D eigenvalue weighted by Gasteiger charge is -2.26. The van der Waals surface area contributed by atoms with Gasteiger partial charge in [0, 0.05) is 11.1 Å². The minimum absolute atomic E-state index is 0.00325. The number of rotatable bonds is 11. The van der Waals surface area contributed by atoms with E-state index in [1.165, 1.54) is 70.3 Å². The maximum absolute atomic E-state index is 12.8. The van der Waals surface area contributed by atoms with Crippen molar-refractivity contribution < 1.29 is 13.6 Å². The Kier molecular flexibility index (Phi) is 6.99. The minimum Gasteiger partial charge on any atom is -0.494 e. The summed E-state index contributed by atoms with van der Waals surface area (Å²) < 4.78 is 30.0. The number of benzene rings is 2. The first-order valence-corrected chi connectivity index (χ1v) is 10.6. The highest BCUT2D eigenvalue weighted by atomic mass is 16.5. The van der Waals surface area contributed by atoms with Crippen LogP contribution in [0.2, 0.25) is 0 Å². The van der Waals surface area contributed by atoms with E-state index in [0.29, 0.717) is 12.4 Å². The summed E-state index contributed by atoms with van der Waals surface area (Å²) in [6.07, 6.45) is 9.80. The first-order chi connectivity index (χ1) is 15.1. The van der Waals surface area contributed by atoms with Crippen LogP contribution in [-0.4, -0.2) is 36.9 Å². The normalized spacial score (nSPS) is 16.2. The lowest BCUT2D eigenvalue weighted by molar-refractivity contribution is 0.103. The quantitative estimate of drug-likeness (QED) is 0.367. The van der Waals surface area contributed by atoms with Crippen LogP contribution in [0.5, 0.6) is 5.75 Å². The Balaban J connectivity index is 1.42. The number of nitrogens with zero attached hydrogens (tertiary/aromatic N) is 1. The number of hydrogen-bond donors (Lipinski definition) is 0. The number of ether oxygens (including phenoxy) is 1. The highest BCUT2D eigenvalue weighted by molar-refractivity contribution is 6.09. The molecule has 2 aromatic rings. The van der Waals surface area contributed by atoms with E-state index < -0.39 is 5.78 Å². The molecule has 0 aromatic heterocycles. The van der Waals surface area contributed by atoms with Gasteiger partial charge in [0.15, 0.2) is 5.78 Å². The van der Waals surface area contributed by atoms with Crippen molar-refractivity contribution in [1.82, 2.24) is 4.90 Å². The van der Waals surface area contributed by atoms with E-state index in [9.17, 15) is 4.79 Å². The van der Waals surface area contributed by atoms with Crippen molar-refractivity contribution in [2.75, 3.05) is 26.2 Å². The summed E-state index contributed by atoms with van der Waals surface area (Å²) in [5.41, 5.74) is 0.195. The van der Waals surface area contributed by atoms with Crippen LogP contribution in [0.1, 0.15) is 71.4 Å². The van der Waals surface area contributed by atoms with E-state index in [-0.39, 0.29) is 29.3 Å². The zero-order valence-electron chi connectivity index (χ0n) is 19.7. The third-order valence-corrected chi connectivity index (χ3v) is 5.21. The van der Waals surface area contributed by atoms with E-state index in [2.05, 4.69) is 4.90 Å². The van der Waals surface area contributed by atoms with Crippen LogP contribution >= 0.6 is 0 Å². The van der Waals surface area contributed by atoms with Gasteiger partial charge in [-0.25, -0.2) is 0 Å². The molecule has 0 amide bonds. The smallest absolute Gasteiger partial charge is 0.193 e. The Morgan fingerprint density at radius 3 is 2.46 bits per heavy atom. The van der Waals surface area contributed by atoms with Crippen molar-refractivity contribution in [3.05, 3.63) is 65.7 Å². The summed E-state index contributed by atoms with van der Waals surface area (Å²) in [4.78, 5) is 15.4. The third-order valence-electron chi connectivity index (χ3n) is 5.21. The maximum Gasteiger partial charge on any atom is 0.193 e. The fourth-order valence-corrected chi connectivity index (χ4v) is 3.62. The number of carbonyl (C=O) groups excluding carboxylic acids is 1. The SMILES string of the molecule is [2H]c1cccc([2H])c1C(=O)c1cccc(OCCCCCCCN2CCCCC2)c1[2H]. The molecule has 0 aliphatic carbocycles. The van der Waals surface area contributed by atoms with Crippen LogP contribution in [0.15, 0.2) is 54.5 Å². The molecule has 0 N–H and O–H groups in total. The minimum atomic E-state index is -0.472. The van der Waals surface area contributed by atoms with Crippen molar-refractivity contribution in [2.45, 2.75) is 51.4 Å². The van der Waals surface area contributed by atoms with Crippen molar-refractivity contribution in [3.63, 3.8) is 0 Å². The van der Waals surface area contributed by atoms with Gasteiger partial charge < -0.3 is 9.64 Å². The van der Waals surface area contributed by atoms with Gasteiger partial charge in [0.25, 0.3) is 0 Å². The monoisotopic (exact) mass is 382 g/mol. The van der Waals surface area contributed by atoms with Gasteiger partial charge >= 0.3 is 0 Å². The van der Waals surface area contributed by atoms with Crippen LogP contribution in [0.25, 0.3) is 0 Å². The molecule has 0 radical (unpaired) electrons. The second-order valence-electron chi connectivity index (χ2n) is 7.47. The summed E-state index contributed by atoms with van der Waals surface area (Å²) in [6.45, 7) is 4.28. The van der Waals surface area contributed by atoms with E-state index in [1.54, 1.807) is 24.3 Å². The standard InChI is InChI=1S/C25H33NO2/c27-25(22-13-6-4-7-14-22)23-15-12-16-24(21-23)28-20-11-3-1-2-8-17-26-18-9-5-10-19-26/h4,6-7,12-16,21H,1-3,5,8-11,17-20H2/i13D,14D,21D. The molecular formula is C25H33NO2. The molecule has 0 unspecified atom stereocenters. The van der Waals surface area contributed by atoms with Crippen molar-refractivity contribution >= 4 is 5.78 Å². The van der Waals surface area contributed by atoms with Crippen molar-refractivity contribution in [2.24, 2.45) is 0 Å². The Morgan fingerprint density at radius 1 is 0.893 bits per heavy atom. The molecule has 1 heterocycles. The molecule has 3 heteroatoms. The van der Waals surface area contributed by atoms with Crippen LogP contribution < -0.4 is 4.74 Å². The summed E-state index contributed by atoms with van der Waals surface area (Å²) >= 11 is 0. The summed E-state index contributed by atoms with van der Waals surface area (Å²) in [7, 11) is 0. The number of hydrogen-bond acceptors (Lipinski definition) is 3. The van der Waals surface area contributed by atoms with Crippen LogP contribution in [0.4, 0.5) is 0 Å². The first kappa shape index (κ1) is 16.8. The van der Waals surface area contributed by atoms with Crippen LogP contribution in [0.3, 0.4) is 0 Å². The molecule has 28 heavy (non-hydrogen) atoms. The van der Waals surface area contributed by atoms with Crippen LogP contribution in [0, 0.1) is 0 Å². The molecule has 0 saturated carbocycles. The molecule has 1 aliphatic rings. The average Bonchev–Trinajstić information content (AvgIpc) is 2.77. The Morgan fingerprint density at radius 2 is 1.64 bits per heavy atom. The molecule has 3 rings (SSSR count). The average molecular weight is 383 g/mol. The second-order valence-corrected chi connectivity index (χ2v) is 7.47. The molecule has 1 saturated heterocycles. The summed E-state index contributed by atoms with van der Waals surface area (Å²) in [5.74, 6) is -0.0929. The van der Waals surface area contributed by atoms with E-state index in [1.807, 2.05) is 0 Å². The highest BCUT2D eigenvalue weighted by Gasteiger charge is 2.10. The van der Waals surface area contributed by atoms with E-state index in [4.69, 9.17) is 8.85 Å². The van der Waals surface area contributed by atoms with Crippen LogP contribution in [-0.2, 0) is 0 Å². The maximum atomic E-state index is 12.8. The van der Waals surface area contributed by atoms with Gasteiger partial charge in [-0.05, 0) is 57.4 Å². The predicted octanol–water partition coefficient (Wildman–Crippen LogP) is 5.73. The van der Waals surface area contributed by atoms with Gasteiger partial charge in [-0.1, -0.05) is 68.1 Å². The number of likely N-dealkylation sites (tertiary alicyclic amines) is 1. The lowest BCUT2D eigenvalue weighted by Crippen LogP contribution is -2.30. The molecule has 0 atom stereocenters. The van der Waals surface area contributed by atoms with Gasteiger partial charge in [-0.15, -0.1) is 0 Å². The van der Waals surface area contributed by atoms with Gasteiger partial charge in [-0.3, -0.25) is 4.79 Å². The third kappa shape index (κ3) is 6.79. The molecular weight excluding hydrogens is 346 g/mol. The van der Waals surface area contributed by atoms with Gasteiger partial charge in [-0.2, -0.15) is 0 Å². The Labute approximate surface area is 173 Å². The first-order valence-electron chi connectivity index (χ1n) is 12.1. The molecule has 150 valence electrons. The fraction of sp³-hybridized carbons (Fsp3) is 0.480. The number of unbranched alkanes of at least 4 members (excludes halogenated alkanes) is 4. The van der Waals surface area contributed by atoms with Gasteiger partial charge in [0.2, 0.25) is 0 Å². The zero-order chi connectivity index (χ0) is 22.1. The second kappa shape index (κ2) is 11.7. The lowest BCUT2D eigenvalue weighted by atomic mass is 10.0. The Hall–Kier alpha value is -2.13. The molecule has 1 aliphatic heterocycles. The number of piperidine rings is 1. The Bertz CT molecular complexity index is 846. The molecule has 2 aromatic carbocycles. The highest BCUT2D eigenvalue weighted by Crippen LogP contribution is 2.17. The summed E-state index contributed by atoms with van der Waals surface area (Å²) in [6, 6.07) is 9.54. The number of carbonyl (C=O) groups is 1. The van der Waals surface area contributed by atoms with Crippen molar-refractivity contribution in [1.29, 1.82) is 0 Å². The van der Waals surface area contributed by atoms with Crippen molar-refractivity contribution in [3.8, 4) is 5.75 Å². The van der Waals surface area contributed by atoms with Gasteiger partial charge in [0.1, 0.15) is 5.75 Å². The van der Waals surface area contributed by atoms with E-state index in [0.717, 1.165) is 12.8 Å². The molecule has 0 spiro atoms. The topological polar surface area (TPSA) is 29.5 Å². The fourth-order valence-electron chi connectivity index (χ4n) is 3.62. The molecule has 0 bridgehead atoms. The zero-order valence-corrected chi connectivity index (χ0v) is 16.7. The van der Waals surface area contributed by atoms with E-state index >= 15 is 0 Å². The number of ketones is 1. The molecule has 3 nitrogen and oxygen atoms in total. The van der Waals surface area contributed by atoms with Gasteiger partial charge in [0.05, 0.1) is 10.7 Å². The largest absolute Gasteiger partial charge is 0.494 e.